The number of carbonyl (C=O) groups is 1. The zero-order chi connectivity index (χ0) is 16.1. The number of nitrogens with one attached hydrogen (secondary N) is 1. The summed E-state index contributed by atoms with van der Waals surface area (Å²) < 4.78 is 5.74. The van der Waals surface area contributed by atoms with Crippen molar-refractivity contribution in [3.05, 3.63) is 70.8 Å². The minimum atomic E-state index is 0.126. The molecule has 1 unspecified atom stereocenters. The smallest absolute Gasteiger partial charge is 0.141 e. The molecule has 1 aliphatic rings. The van der Waals surface area contributed by atoms with E-state index in [1.807, 2.05) is 24.3 Å². The van der Waals surface area contributed by atoms with Gasteiger partial charge in [-0.15, -0.1) is 0 Å². The fourth-order valence-electron chi connectivity index (χ4n) is 2.85. The van der Waals surface area contributed by atoms with Crippen molar-refractivity contribution < 1.29 is 9.53 Å². The fourth-order valence-corrected chi connectivity index (χ4v) is 2.85. The Morgan fingerprint density at radius 1 is 1.04 bits per heavy atom. The second-order valence-electron chi connectivity index (χ2n) is 6.18. The van der Waals surface area contributed by atoms with Crippen LogP contribution in [0.25, 0.3) is 0 Å². The number of hydrogen-bond acceptors (Lipinski definition) is 3. The van der Waals surface area contributed by atoms with Crippen LogP contribution in [-0.2, 0) is 22.4 Å². The summed E-state index contributed by atoms with van der Waals surface area (Å²) >= 11 is 0. The molecule has 3 nitrogen and oxygen atoms in total. The van der Waals surface area contributed by atoms with Crippen molar-refractivity contribution in [2.75, 3.05) is 19.7 Å². The van der Waals surface area contributed by atoms with Crippen molar-refractivity contribution >= 4 is 5.78 Å². The highest BCUT2D eigenvalue weighted by molar-refractivity contribution is 5.83. The fraction of sp³-hybridized carbons (Fsp3) is 0.350. The van der Waals surface area contributed by atoms with E-state index in [1.54, 1.807) is 0 Å². The van der Waals surface area contributed by atoms with Gasteiger partial charge in [0, 0.05) is 25.9 Å². The number of aryl methyl sites for hydroxylation is 1. The molecule has 3 heteroatoms. The lowest BCUT2D eigenvalue weighted by molar-refractivity contribution is -0.117. The van der Waals surface area contributed by atoms with E-state index >= 15 is 0 Å². The first-order chi connectivity index (χ1) is 11.2. The van der Waals surface area contributed by atoms with E-state index in [4.69, 9.17) is 4.74 Å². The van der Waals surface area contributed by atoms with Crippen molar-refractivity contribution in [2.24, 2.45) is 0 Å². The maximum atomic E-state index is 12.2. The predicted octanol–water partition coefficient (Wildman–Crippen LogP) is 3.01. The van der Waals surface area contributed by atoms with Crippen LogP contribution < -0.4 is 5.32 Å². The van der Waals surface area contributed by atoms with Gasteiger partial charge >= 0.3 is 0 Å². The van der Waals surface area contributed by atoms with E-state index < -0.39 is 0 Å². The van der Waals surface area contributed by atoms with Gasteiger partial charge in [0.2, 0.25) is 0 Å². The maximum absolute atomic E-state index is 12.2. The molecule has 1 fully saturated rings. The molecule has 0 aliphatic carbocycles. The monoisotopic (exact) mass is 309 g/mol. The lowest BCUT2D eigenvalue weighted by atomic mass is 10.00. The van der Waals surface area contributed by atoms with E-state index in [0.29, 0.717) is 12.8 Å². The van der Waals surface area contributed by atoms with Gasteiger partial charge in [0.25, 0.3) is 0 Å². The maximum Gasteiger partial charge on any atom is 0.141 e. The number of benzene rings is 2. The summed E-state index contributed by atoms with van der Waals surface area (Å²) in [5.41, 5.74) is 4.54. The van der Waals surface area contributed by atoms with Crippen molar-refractivity contribution in [3.8, 4) is 0 Å². The quantitative estimate of drug-likeness (QED) is 0.922. The van der Waals surface area contributed by atoms with Crippen LogP contribution in [0.2, 0.25) is 0 Å². The predicted molar refractivity (Wildman–Crippen MR) is 91.6 cm³/mol. The van der Waals surface area contributed by atoms with Gasteiger partial charge in [-0.1, -0.05) is 54.1 Å². The van der Waals surface area contributed by atoms with Crippen LogP contribution in [-0.4, -0.2) is 25.5 Å². The normalized spacial score (nSPS) is 17.9. The lowest BCUT2D eigenvalue weighted by Gasteiger charge is -2.24. The number of carbonyl (C=O) groups excluding carboxylic acids is 1. The molecule has 1 saturated heterocycles. The van der Waals surface area contributed by atoms with Crippen molar-refractivity contribution in [2.45, 2.75) is 25.9 Å². The van der Waals surface area contributed by atoms with Crippen LogP contribution in [0.3, 0.4) is 0 Å². The summed E-state index contributed by atoms with van der Waals surface area (Å²) in [7, 11) is 0. The SMILES string of the molecule is Cc1ccc(CC(=O)Cc2ccc(C3CNCCO3)cc2)cc1. The molecule has 1 atom stereocenters. The summed E-state index contributed by atoms with van der Waals surface area (Å²) in [5.74, 6) is 0.247. The van der Waals surface area contributed by atoms with Gasteiger partial charge < -0.3 is 10.1 Å². The highest BCUT2D eigenvalue weighted by atomic mass is 16.5. The zero-order valence-electron chi connectivity index (χ0n) is 13.5. The number of ether oxygens (including phenoxy) is 1. The molecule has 23 heavy (non-hydrogen) atoms. The topological polar surface area (TPSA) is 38.3 Å². The van der Waals surface area contributed by atoms with Gasteiger partial charge in [-0.05, 0) is 23.6 Å². The first-order valence-electron chi connectivity index (χ1n) is 8.19. The van der Waals surface area contributed by atoms with Gasteiger partial charge in [0.1, 0.15) is 5.78 Å². The van der Waals surface area contributed by atoms with Crippen LogP contribution in [0.15, 0.2) is 48.5 Å². The van der Waals surface area contributed by atoms with Crippen LogP contribution >= 0.6 is 0 Å². The highest BCUT2D eigenvalue weighted by Gasteiger charge is 2.15. The molecule has 0 amide bonds. The van der Waals surface area contributed by atoms with E-state index in [9.17, 15) is 4.79 Å². The summed E-state index contributed by atoms with van der Waals surface area (Å²) in [4.78, 5) is 12.2. The first kappa shape index (κ1) is 15.9. The van der Waals surface area contributed by atoms with E-state index in [2.05, 4.69) is 36.5 Å². The van der Waals surface area contributed by atoms with Gasteiger partial charge in [0.15, 0.2) is 0 Å². The number of ketones is 1. The van der Waals surface area contributed by atoms with Crippen LogP contribution in [0, 0.1) is 6.92 Å². The van der Waals surface area contributed by atoms with E-state index in [0.717, 1.165) is 30.8 Å². The Bertz CT molecular complexity index is 640. The van der Waals surface area contributed by atoms with Crippen LogP contribution in [0.4, 0.5) is 0 Å². The third-order valence-corrected chi connectivity index (χ3v) is 4.20. The highest BCUT2D eigenvalue weighted by Crippen LogP contribution is 2.19. The summed E-state index contributed by atoms with van der Waals surface area (Å²) in [6, 6.07) is 16.4. The average molecular weight is 309 g/mol. The molecular weight excluding hydrogens is 286 g/mol. The lowest BCUT2D eigenvalue weighted by Crippen LogP contribution is -2.33. The Morgan fingerprint density at radius 3 is 2.22 bits per heavy atom. The Hall–Kier alpha value is -1.97. The summed E-state index contributed by atoms with van der Waals surface area (Å²) in [5, 5.41) is 3.33. The van der Waals surface area contributed by atoms with Crippen molar-refractivity contribution in [1.29, 1.82) is 0 Å². The number of Topliss-reactive ketones (excluding diaryl/α,β-unsaturated/α-hetero) is 1. The third kappa shape index (κ3) is 4.50. The zero-order valence-corrected chi connectivity index (χ0v) is 13.5. The molecule has 3 rings (SSSR count). The first-order valence-corrected chi connectivity index (χ1v) is 8.19. The largest absolute Gasteiger partial charge is 0.371 e. The number of rotatable bonds is 5. The second-order valence-corrected chi connectivity index (χ2v) is 6.18. The molecule has 120 valence electrons. The molecule has 0 aromatic heterocycles. The molecule has 0 saturated carbocycles. The molecule has 0 radical (unpaired) electrons. The minimum absolute atomic E-state index is 0.126. The third-order valence-electron chi connectivity index (χ3n) is 4.20. The van der Waals surface area contributed by atoms with Gasteiger partial charge in [-0.3, -0.25) is 4.79 Å². The average Bonchev–Trinajstić information content (AvgIpc) is 2.58. The molecule has 0 spiro atoms. The standard InChI is InChI=1S/C20H23NO2/c1-15-2-4-16(5-3-15)12-19(22)13-17-6-8-18(9-7-17)20-14-21-10-11-23-20/h2-9,20-21H,10-14H2,1H3. The Labute approximate surface area is 137 Å². The molecule has 2 aromatic rings. The van der Waals surface area contributed by atoms with Gasteiger partial charge in [-0.25, -0.2) is 0 Å². The number of morpholine rings is 1. The van der Waals surface area contributed by atoms with Gasteiger partial charge in [-0.2, -0.15) is 0 Å². The van der Waals surface area contributed by atoms with Gasteiger partial charge in [0.05, 0.1) is 12.7 Å². The molecule has 1 heterocycles. The Balaban J connectivity index is 1.57. The van der Waals surface area contributed by atoms with Crippen LogP contribution in [0.5, 0.6) is 0 Å². The Morgan fingerprint density at radius 2 is 1.65 bits per heavy atom. The molecule has 0 bridgehead atoms. The molecular formula is C20H23NO2. The van der Waals surface area contributed by atoms with E-state index in [-0.39, 0.29) is 11.9 Å². The van der Waals surface area contributed by atoms with Crippen molar-refractivity contribution in [3.63, 3.8) is 0 Å². The number of hydrogen-bond donors (Lipinski definition) is 1. The van der Waals surface area contributed by atoms with Crippen LogP contribution in [0.1, 0.15) is 28.4 Å². The second kappa shape index (κ2) is 7.53. The van der Waals surface area contributed by atoms with Crippen molar-refractivity contribution in [1.82, 2.24) is 5.32 Å². The Kier molecular flexibility index (Phi) is 5.21. The summed E-state index contributed by atoms with van der Waals surface area (Å²) in [6.45, 7) is 4.58. The molecule has 2 aromatic carbocycles. The minimum Gasteiger partial charge on any atom is -0.371 e. The van der Waals surface area contributed by atoms with E-state index in [1.165, 1.54) is 11.1 Å². The summed E-state index contributed by atoms with van der Waals surface area (Å²) in [6.07, 6.45) is 1.11. The molecule has 1 N–H and O–H groups in total. The molecule has 1 aliphatic heterocycles.